The van der Waals surface area contributed by atoms with Gasteiger partial charge in [0.1, 0.15) is 5.69 Å². The topological polar surface area (TPSA) is 97.6 Å². The van der Waals surface area contributed by atoms with Gasteiger partial charge < -0.3 is 5.32 Å². The molecule has 1 aromatic heterocycles. The van der Waals surface area contributed by atoms with Crippen LogP contribution in [0.15, 0.2) is 72.7 Å². The molecule has 1 N–H and O–H groups in total. The van der Waals surface area contributed by atoms with E-state index in [1.165, 1.54) is 0 Å². The Morgan fingerprint density at radius 1 is 1.06 bits per heavy atom. The van der Waals surface area contributed by atoms with Crippen molar-refractivity contribution < 1.29 is 18.0 Å². The second-order valence-electron chi connectivity index (χ2n) is 9.08. The summed E-state index contributed by atoms with van der Waals surface area (Å²) in [6.07, 6.45) is 6.40. The molecule has 7 nitrogen and oxygen atoms in total. The van der Waals surface area contributed by atoms with E-state index < -0.39 is 15.4 Å². The van der Waals surface area contributed by atoms with E-state index in [9.17, 15) is 18.0 Å². The van der Waals surface area contributed by atoms with Crippen molar-refractivity contribution in [3.8, 4) is 0 Å². The Labute approximate surface area is 219 Å². The van der Waals surface area contributed by atoms with Crippen LogP contribution in [0.2, 0.25) is 0 Å². The van der Waals surface area contributed by atoms with Gasteiger partial charge in [0.05, 0.1) is 25.3 Å². The maximum absolute atomic E-state index is 14.0. The lowest BCUT2D eigenvalue weighted by Crippen LogP contribution is -2.45. The fourth-order valence-corrected chi connectivity index (χ4v) is 8.20. The highest BCUT2D eigenvalue weighted by Gasteiger charge is 2.49. The molecule has 0 unspecified atom stereocenters. The number of halogens is 2. The van der Waals surface area contributed by atoms with Crippen LogP contribution in [0, 0.1) is 12.3 Å². The standard InChI is InChI=1S/C25H19Br2N3O4S/c1-13-2-4-15(5-3-13)35(33,34)30-12-14-6-8-28-20-18(14)22(30)24(32)21-19(20)25(7-9-29-21)10-16(26)23(31)17(27)11-25/h2-5,10-12,29H,6-9H2,1H3. The number of hydrogen-bond donors (Lipinski definition) is 1. The van der Waals surface area contributed by atoms with Gasteiger partial charge >= 0.3 is 0 Å². The Bertz CT molecular complexity index is 1570. The normalized spacial score (nSPS) is 20.6. The zero-order valence-corrected chi connectivity index (χ0v) is 22.5. The Morgan fingerprint density at radius 2 is 1.74 bits per heavy atom. The first kappa shape index (κ1) is 22.9. The fraction of sp³-hybridized carbons (Fsp3) is 0.240. The van der Waals surface area contributed by atoms with Gasteiger partial charge in [0.25, 0.3) is 10.0 Å². The Morgan fingerprint density at radius 3 is 2.43 bits per heavy atom. The average Bonchev–Trinajstić information content (AvgIpc) is 3.23. The number of nitrogens with one attached hydrogen (secondary N) is 1. The summed E-state index contributed by atoms with van der Waals surface area (Å²) in [5, 5.41) is 3.21. The molecule has 1 aromatic carbocycles. The van der Waals surface area contributed by atoms with Gasteiger partial charge in [0, 0.05) is 35.8 Å². The molecule has 0 radical (unpaired) electrons. The van der Waals surface area contributed by atoms with Crippen LogP contribution in [-0.2, 0) is 21.2 Å². The first-order chi connectivity index (χ1) is 16.6. The summed E-state index contributed by atoms with van der Waals surface area (Å²) in [6.45, 7) is 2.84. The molecule has 0 fully saturated rings. The minimum absolute atomic E-state index is 0.111. The number of aromatic nitrogens is 1. The quantitative estimate of drug-likeness (QED) is 0.551. The van der Waals surface area contributed by atoms with Gasteiger partial charge in [-0.25, -0.2) is 12.4 Å². The number of carbonyl (C=O) groups excluding carboxylic acids is 2. The van der Waals surface area contributed by atoms with Crippen molar-refractivity contribution in [2.24, 2.45) is 10.4 Å². The van der Waals surface area contributed by atoms with Gasteiger partial charge in [-0.3, -0.25) is 14.6 Å². The monoisotopic (exact) mass is 615 g/mol. The molecular weight excluding hydrogens is 598 g/mol. The highest BCUT2D eigenvalue weighted by atomic mass is 79.9. The van der Waals surface area contributed by atoms with Crippen molar-refractivity contribution in [2.75, 3.05) is 13.1 Å². The van der Waals surface area contributed by atoms with Crippen LogP contribution < -0.4 is 5.32 Å². The van der Waals surface area contributed by atoms with E-state index in [1.54, 1.807) is 30.5 Å². The van der Waals surface area contributed by atoms with Gasteiger partial charge in [-0.15, -0.1) is 0 Å². The van der Waals surface area contributed by atoms with Crippen molar-refractivity contribution in [2.45, 2.75) is 24.7 Å². The molecule has 2 aliphatic heterocycles. The lowest BCUT2D eigenvalue weighted by molar-refractivity contribution is -0.111. The number of hydrogen-bond acceptors (Lipinski definition) is 6. The van der Waals surface area contributed by atoms with E-state index in [0.717, 1.165) is 15.1 Å². The molecule has 178 valence electrons. The van der Waals surface area contributed by atoms with Crippen LogP contribution >= 0.6 is 31.9 Å². The number of aryl methyl sites for hydroxylation is 1. The van der Waals surface area contributed by atoms with Crippen LogP contribution in [-0.4, -0.2) is 42.8 Å². The van der Waals surface area contributed by atoms with E-state index >= 15 is 0 Å². The highest BCUT2D eigenvalue weighted by Crippen LogP contribution is 2.50. The summed E-state index contributed by atoms with van der Waals surface area (Å²) in [5.74, 6) is -0.552. The molecule has 35 heavy (non-hydrogen) atoms. The van der Waals surface area contributed by atoms with Crippen molar-refractivity contribution in [1.29, 1.82) is 0 Å². The van der Waals surface area contributed by atoms with Crippen LogP contribution in [0.4, 0.5) is 0 Å². The minimum Gasteiger partial charge on any atom is -0.381 e. The van der Waals surface area contributed by atoms with E-state index in [4.69, 9.17) is 4.99 Å². The maximum atomic E-state index is 14.0. The molecule has 0 saturated carbocycles. The number of benzene rings is 1. The molecule has 0 bridgehead atoms. The molecule has 0 atom stereocenters. The van der Waals surface area contributed by atoms with E-state index in [2.05, 4.69) is 37.2 Å². The molecule has 3 heterocycles. The first-order valence-electron chi connectivity index (χ1n) is 11.1. The molecule has 0 saturated heterocycles. The second-order valence-corrected chi connectivity index (χ2v) is 12.6. The fourth-order valence-electron chi connectivity index (χ4n) is 5.30. The number of rotatable bonds is 2. The van der Waals surface area contributed by atoms with Gasteiger partial charge in [-0.2, -0.15) is 0 Å². The predicted molar refractivity (Wildman–Crippen MR) is 139 cm³/mol. The summed E-state index contributed by atoms with van der Waals surface area (Å²) in [7, 11) is -4.00. The van der Waals surface area contributed by atoms with E-state index in [1.807, 2.05) is 19.1 Å². The van der Waals surface area contributed by atoms with Crippen LogP contribution in [0.3, 0.4) is 0 Å². The smallest absolute Gasteiger partial charge is 0.268 e. The third-order valence-electron chi connectivity index (χ3n) is 6.95. The maximum Gasteiger partial charge on any atom is 0.268 e. The summed E-state index contributed by atoms with van der Waals surface area (Å²) < 4.78 is 29.3. The number of aliphatic imine (C=N–C) groups is 1. The van der Waals surface area contributed by atoms with Gasteiger partial charge in [0.15, 0.2) is 0 Å². The summed E-state index contributed by atoms with van der Waals surface area (Å²) in [4.78, 5) is 31.3. The Balaban J connectivity index is 1.60. The predicted octanol–water partition coefficient (Wildman–Crippen LogP) is 3.95. The Kier molecular flexibility index (Phi) is 5.04. The highest BCUT2D eigenvalue weighted by molar-refractivity contribution is 9.13. The minimum atomic E-state index is -4.00. The SMILES string of the molecule is Cc1ccc(S(=O)(=O)n2cc3c4c2C(=O)C2=C(C4=NCC3)C3(C=C(Br)C(=O)C(Br)=C3)CCN2)cc1. The number of Topliss-reactive ketones (excluding diaryl/α,β-unsaturated/α-hetero) is 2. The zero-order valence-electron chi connectivity index (χ0n) is 18.6. The van der Waals surface area contributed by atoms with Crippen molar-refractivity contribution in [3.05, 3.63) is 85.2 Å². The third-order valence-corrected chi connectivity index (χ3v) is 9.81. The second kappa shape index (κ2) is 7.72. The van der Waals surface area contributed by atoms with Gasteiger partial charge in [0.2, 0.25) is 11.6 Å². The number of allylic oxidation sites excluding steroid dienone is 6. The number of carbonyl (C=O) groups is 2. The molecule has 2 aliphatic carbocycles. The van der Waals surface area contributed by atoms with Crippen molar-refractivity contribution >= 4 is 59.2 Å². The Hall–Kier alpha value is -2.56. The van der Waals surface area contributed by atoms with Crippen molar-refractivity contribution in [1.82, 2.24) is 9.29 Å². The first-order valence-corrected chi connectivity index (χ1v) is 14.1. The van der Waals surface area contributed by atoms with Crippen LogP contribution in [0.5, 0.6) is 0 Å². The summed E-state index contributed by atoms with van der Waals surface area (Å²) >= 11 is 6.78. The number of fused-ring (bicyclic) bond motifs is 2. The van der Waals surface area contributed by atoms with Gasteiger partial charge in [-0.1, -0.05) is 29.8 Å². The molecule has 6 rings (SSSR count). The molecule has 2 aromatic rings. The van der Waals surface area contributed by atoms with E-state index in [-0.39, 0.29) is 22.2 Å². The summed E-state index contributed by atoms with van der Waals surface area (Å²) in [6, 6.07) is 6.59. The lowest BCUT2D eigenvalue weighted by atomic mass is 9.66. The van der Waals surface area contributed by atoms with Crippen LogP contribution in [0.1, 0.15) is 33.6 Å². The zero-order chi connectivity index (χ0) is 24.7. The van der Waals surface area contributed by atoms with Crippen molar-refractivity contribution in [3.63, 3.8) is 0 Å². The van der Waals surface area contributed by atoms with Crippen LogP contribution in [0.25, 0.3) is 0 Å². The third kappa shape index (κ3) is 3.19. The van der Waals surface area contributed by atoms with Gasteiger partial charge in [-0.05, 0) is 69.3 Å². The lowest BCUT2D eigenvalue weighted by Gasteiger charge is -2.41. The molecular formula is C25H19Br2N3O4S. The molecule has 10 heteroatoms. The van der Waals surface area contributed by atoms with E-state index in [0.29, 0.717) is 57.4 Å². The molecule has 4 aliphatic rings. The summed E-state index contributed by atoms with van der Waals surface area (Å²) in [5.41, 5.74) is 3.31. The molecule has 1 spiro atoms. The molecule has 0 amide bonds. The average molecular weight is 617 g/mol. The number of nitrogens with zero attached hydrogens (tertiary/aromatic N) is 2. The number of ketones is 2. The largest absolute Gasteiger partial charge is 0.381 e.